The van der Waals surface area contributed by atoms with Crippen LogP contribution in [0.25, 0.3) is 11.3 Å². The van der Waals surface area contributed by atoms with Crippen molar-refractivity contribution < 1.29 is 14.1 Å². The third-order valence-corrected chi connectivity index (χ3v) is 3.92. The van der Waals surface area contributed by atoms with Crippen molar-refractivity contribution >= 4 is 17.2 Å². The summed E-state index contributed by atoms with van der Waals surface area (Å²) in [7, 11) is 1.95. The number of carbonyl (C=O) groups is 1. The second-order valence-corrected chi connectivity index (χ2v) is 6.58. The van der Waals surface area contributed by atoms with E-state index in [4.69, 9.17) is 0 Å². The van der Waals surface area contributed by atoms with Crippen molar-refractivity contribution in [1.29, 1.82) is 0 Å². The first-order valence-corrected chi connectivity index (χ1v) is 8.13. The number of hydrogen-bond acceptors (Lipinski definition) is 3. The van der Waals surface area contributed by atoms with Crippen LogP contribution >= 0.6 is 11.3 Å². The number of quaternary nitrogens is 1. The van der Waals surface area contributed by atoms with E-state index in [1.165, 1.54) is 17.4 Å². The predicted octanol–water partition coefficient (Wildman–Crippen LogP) is 1.49. The van der Waals surface area contributed by atoms with Crippen molar-refractivity contribution in [3.63, 3.8) is 0 Å². The number of hydrogen-bond donors (Lipinski definition) is 2. The minimum atomic E-state index is -0.267. The molecule has 0 aliphatic rings. The number of likely N-dealkylation sites (N-methyl/N-ethyl adjacent to an activating group) is 1. The zero-order chi connectivity index (χ0) is 16.1. The predicted molar refractivity (Wildman–Crippen MR) is 86.2 cm³/mol. The van der Waals surface area contributed by atoms with E-state index in [0.29, 0.717) is 24.3 Å². The zero-order valence-corrected chi connectivity index (χ0v) is 13.8. The van der Waals surface area contributed by atoms with Crippen LogP contribution in [-0.2, 0) is 11.3 Å². The quantitative estimate of drug-likeness (QED) is 0.846. The van der Waals surface area contributed by atoms with Crippen molar-refractivity contribution in [1.82, 2.24) is 10.3 Å². The Morgan fingerprint density at radius 1 is 1.41 bits per heavy atom. The largest absolute Gasteiger partial charge is 0.349 e. The van der Waals surface area contributed by atoms with Crippen LogP contribution in [0.5, 0.6) is 0 Å². The number of benzene rings is 1. The fourth-order valence-corrected chi connectivity index (χ4v) is 3.06. The second-order valence-electron chi connectivity index (χ2n) is 5.64. The maximum Gasteiger partial charge on any atom is 0.275 e. The highest BCUT2D eigenvalue weighted by atomic mass is 32.1. The van der Waals surface area contributed by atoms with Crippen molar-refractivity contribution in [3.05, 3.63) is 40.5 Å². The van der Waals surface area contributed by atoms with Gasteiger partial charge in [0.2, 0.25) is 0 Å². The van der Waals surface area contributed by atoms with Crippen LogP contribution in [0.1, 0.15) is 18.9 Å². The van der Waals surface area contributed by atoms with Gasteiger partial charge in [0.25, 0.3) is 5.91 Å². The molecule has 0 radical (unpaired) electrons. The third-order valence-electron chi connectivity index (χ3n) is 3.07. The lowest BCUT2D eigenvalue weighted by atomic mass is 10.2. The zero-order valence-electron chi connectivity index (χ0n) is 13.0. The topological polar surface area (TPSA) is 46.4 Å². The molecule has 1 aromatic carbocycles. The molecule has 2 N–H and O–H groups in total. The van der Waals surface area contributed by atoms with Gasteiger partial charge in [-0.2, -0.15) is 0 Å². The number of aromatic nitrogens is 1. The molecular formula is C16H21FN3OS+. The molecule has 22 heavy (non-hydrogen) atoms. The lowest BCUT2D eigenvalue weighted by Crippen LogP contribution is -3.09. The number of nitrogens with zero attached hydrogens (tertiary/aromatic N) is 1. The van der Waals surface area contributed by atoms with Crippen LogP contribution in [0.3, 0.4) is 0 Å². The SMILES string of the molecule is CC(C)NC(=O)C[NH+](C)Cc1nc(-c2ccccc2F)cs1. The number of thiazole rings is 1. The molecule has 0 spiro atoms. The summed E-state index contributed by atoms with van der Waals surface area (Å²) in [5.74, 6) is -0.241. The van der Waals surface area contributed by atoms with Gasteiger partial charge in [-0.3, -0.25) is 4.79 Å². The summed E-state index contributed by atoms with van der Waals surface area (Å²) in [5, 5.41) is 5.62. The Morgan fingerprint density at radius 2 is 2.14 bits per heavy atom. The Morgan fingerprint density at radius 3 is 2.82 bits per heavy atom. The Bertz CT molecular complexity index is 642. The number of nitrogens with one attached hydrogen (secondary N) is 2. The summed E-state index contributed by atoms with van der Waals surface area (Å²) in [6.07, 6.45) is 0. The van der Waals surface area contributed by atoms with Gasteiger partial charge in [0.15, 0.2) is 6.54 Å². The molecule has 6 heteroatoms. The van der Waals surface area contributed by atoms with E-state index in [-0.39, 0.29) is 17.8 Å². The van der Waals surface area contributed by atoms with Gasteiger partial charge in [-0.05, 0) is 26.0 Å². The van der Waals surface area contributed by atoms with Gasteiger partial charge >= 0.3 is 0 Å². The lowest BCUT2D eigenvalue weighted by molar-refractivity contribution is -0.885. The summed E-state index contributed by atoms with van der Waals surface area (Å²) < 4.78 is 13.7. The molecule has 1 amide bonds. The number of amides is 1. The van der Waals surface area contributed by atoms with Crippen LogP contribution in [0.2, 0.25) is 0 Å². The van der Waals surface area contributed by atoms with Gasteiger partial charge in [0.1, 0.15) is 17.4 Å². The maximum absolute atomic E-state index is 13.7. The molecule has 1 aromatic heterocycles. The smallest absolute Gasteiger partial charge is 0.275 e. The summed E-state index contributed by atoms with van der Waals surface area (Å²) in [5.41, 5.74) is 1.16. The number of carbonyl (C=O) groups excluding carboxylic acids is 1. The van der Waals surface area contributed by atoms with Gasteiger partial charge in [0, 0.05) is 17.0 Å². The number of halogens is 1. The lowest BCUT2D eigenvalue weighted by Gasteiger charge is -2.13. The van der Waals surface area contributed by atoms with E-state index in [1.807, 2.05) is 26.3 Å². The Hall–Kier alpha value is -1.79. The van der Waals surface area contributed by atoms with Gasteiger partial charge < -0.3 is 10.2 Å². The van der Waals surface area contributed by atoms with Gasteiger partial charge in [-0.25, -0.2) is 9.37 Å². The van der Waals surface area contributed by atoms with Gasteiger partial charge in [-0.1, -0.05) is 12.1 Å². The summed E-state index contributed by atoms with van der Waals surface area (Å²) >= 11 is 1.49. The highest BCUT2D eigenvalue weighted by Gasteiger charge is 2.14. The highest BCUT2D eigenvalue weighted by molar-refractivity contribution is 7.09. The highest BCUT2D eigenvalue weighted by Crippen LogP contribution is 2.23. The van der Waals surface area contributed by atoms with Crippen LogP contribution in [0, 0.1) is 5.82 Å². The van der Waals surface area contributed by atoms with Crippen LogP contribution in [0.15, 0.2) is 29.6 Å². The molecule has 0 saturated heterocycles. The van der Waals surface area contributed by atoms with E-state index in [1.54, 1.807) is 18.2 Å². The van der Waals surface area contributed by atoms with E-state index >= 15 is 0 Å². The van der Waals surface area contributed by atoms with Crippen LogP contribution < -0.4 is 10.2 Å². The minimum Gasteiger partial charge on any atom is -0.349 e. The molecule has 118 valence electrons. The first kappa shape index (κ1) is 16.6. The molecule has 1 atom stereocenters. The van der Waals surface area contributed by atoms with Crippen LogP contribution in [-0.4, -0.2) is 30.5 Å². The molecule has 0 bridgehead atoms. The molecule has 2 rings (SSSR count). The fraction of sp³-hybridized carbons (Fsp3) is 0.375. The fourth-order valence-electron chi connectivity index (χ4n) is 2.15. The monoisotopic (exact) mass is 322 g/mol. The van der Waals surface area contributed by atoms with Gasteiger partial charge in [-0.15, -0.1) is 11.3 Å². The van der Waals surface area contributed by atoms with Gasteiger partial charge in [0.05, 0.1) is 12.7 Å². The van der Waals surface area contributed by atoms with Crippen molar-refractivity contribution in [2.24, 2.45) is 0 Å². The van der Waals surface area contributed by atoms with Crippen molar-refractivity contribution in [2.75, 3.05) is 13.6 Å². The molecule has 0 saturated carbocycles. The summed E-state index contributed by atoms with van der Waals surface area (Å²) in [4.78, 5) is 17.3. The normalized spacial score (nSPS) is 12.4. The van der Waals surface area contributed by atoms with E-state index in [2.05, 4.69) is 10.3 Å². The third kappa shape index (κ3) is 4.61. The van der Waals surface area contributed by atoms with E-state index in [0.717, 1.165) is 9.91 Å². The maximum atomic E-state index is 13.7. The molecule has 2 aromatic rings. The Balaban J connectivity index is 1.97. The molecular weight excluding hydrogens is 301 g/mol. The Kier molecular flexibility index (Phi) is 5.63. The molecule has 0 fully saturated rings. The second kappa shape index (κ2) is 7.47. The average molecular weight is 322 g/mol. The standard InChI is InChI=1S/C16H20FN3OS/c1-11(2)18-15(21)8-20(3)9-16-19-14(10-22-16)12-6-4-5-7-13(12)17/h4-7,10-11H,8-9H2,1-3H3,(H,18,21)/p+1. The molecule has 0 aliphatic heterocycles. The molecule has 0 aliphatic carbocycles. The van der Waals surface area contributed by atoms with Crippen LogP contribution in [0.4, 0.5) is 4.39 Å². The van der Waals surface area contributed by atoms with E-state index < -0.39 is 0 Å². The summed E-state index contributed by atoms with van der Waals surface area (Å²) in [6.45, 7) is 4.92. The van der Waals surface area contributed by atoms with Crippen molar-refractivity contribution in [2.45, 2.75) is 26.4 Å². The number of rotatable bonds is 6. The Labute approximate surface area is 134 Å². The molecule has 1 heterocycles. The first-order chi connectivity index (χ1) is 10.5. The molecule has 1 unspecified atom stereocenters. The minimum absolute atomic E-state index is 0.0263. The van der Waals surface area contributed by atoms with E-state index in [9.17, 15) is 9.18 Å². The summed E-state index contributed by atoms with van der Waals surface area (Å²) in [6, 6.07) is 6.76. The molecule has 4 nitrogen and oxygen atoms in total. The van der Waals surface area contributed by atoms with Crippen molar-refractivity contribution in [3.8, 4) is 11.3 Å². The first-order valence-electron chi connectivity index (χ1n) is 7.25. The average Bonchev–Trinajstić information content (AvgIpc) is 2.86.